The Kier molecular flexibility index (Phi) is 4.76. The molecule has 6 nitrogen and oxygen atoms in total. The van der Waals surface area contributed by atoms with Crippen molar-refractivity contribution >= 4 is 17.3 Å². The molecule has 0 aliphatic carbocycles. The lowest BCUT2D eigenvalue weighted by Crippen LogP contribution is -2.51. The number of amides is 1. The van der Waals surface area contributed by atoms with Gasteiger partial charge in [-0.1, -0.05) is 12.1 Å². The number of nitrogens with zero attached hydrogens (tertiary/aromatic N) is 4. The van der Waals surface area contributed by atoms with Crippen LogP contribution in [0.3, 0.4) is 0 Å². The Labute approximate surface area is 171 Å². The highest BCUT2D eigenvalue weighted by Crippen LogP contribution is 2.50. The first-order valence-electron chi connectivity index (χ1n) is 10.6. The van der Waals surface area contributed by atoms with E-state index < -0.39 is 6.10 Å². The Hall–Kier alpha value is -2.44. The summed E-state index contributed by atoms with van der Waals surface area (Å²) in [6.07, 6.45) is 5.87. The number of hydrogen-bond donors (Lipinski definition) is 1. The molecule has 3 atom stereocenters. The summed E-state index contributed by atoms with van der Waals surface area (Å²) in [5.41, 5.74) is 4.67. The van der Waals surface area contributed by atoms with Gasteiger partial charge in [-0.15, -0.1) is 0 Å². The summed E-state index contributed by atoms with van der Waals surface area (Å²) in [6.45, 7) is 3.58. The van der Waals surface area contributed by atoms with E-state index in [1.54, 1.807) is 12.4 Å². The van der Waals surface area contributed by atoms with Crippen LogP contribution in [0.25, 0.3) is 0 Å². The van der Waals surface area contributed by atoms with E-state index in [9.17, 15) is 9.90 Å². The number of anilines is 2. The van der Waals surface area contributed by atoms with Gasteiger partial charge >= 0.3 is 0 Å². The lowest BCUT2D eigenvalue weighted by atomic mass is 9.89. The number of hydrogen-bond acceptors (Lipinski definition) is 5. The number of benzene rings is 1. The van der Waals surface area contributed by atoms with Gasteiger partial charge in [0.25, 0.3) is 0 Å². The zero-order chi connectivity index (χ0) is 20.0. The number of pyridine rings is 1. The molecule has 3 aliphatic rings. The van der Waals surface area contributed by atoms with Crippen LogP contribution in [-0.4, -0.2) is 60.2 Å². The zero-order valence-corrected chi connectivity index (χ0v) is 16.9. The fourth-order valence-electron chi connectivity index (χ4n) is 5.33. The normalized spacial score (nSPS) is 24.4. The minimum absolute atomic E-state index is 0.183. The summed E-state index contributed by atoms with van der Waals surface area (Å²) in [5.74, 6) is 0.644. The number of likely N-dealkylation sites (tertiary alicyclic amines) is 1. The lowest BCUT2D eigenvalue weighted by molar-refractivity contribution is -0.117. The predicted octanol–water partition coefficient (Wildman–Crippen LogP) is 2.55. The SMILES string of the molecule is CN1C(=O)CN2c3c(cccc31)C1CN(CCCC(O)c3ccncc3)CCC12. The molecule has 1 fully saturated rings. The smallest absolute Gasteiger partial charge is 0.246 e. The van der Waals surface area contributed by atoms with Gasteiger partial charge in [-0.05, 0) is 55.1 Å². The van der Waals surface area contributed by atoms with Crippen molar-refractivity contribution in [3.8, 4) is 0 Å². The fraction of sp³-hybridized carbons (Fsp3) is 0.478. The molecule has 152 valence electrons. The Morgan fingerprint density at radius 3 is 2.90 bits per heavy atom. The number of carbonyl (C=O) groups excluding carboxylic acids is 1. The average molecular weight is 393 g/mol. The maximum absolute atomic E-state index is 12.5. The van der Waals surface area contributed by atoms with Gasteiger partial charge in [0, 0.05) is 44.5 Å². The lowest BCUT2D eigenvalue weighted by Gasteiger charge is -2.41. The third-order valence-electron chi connectivity index (χ3n) is 6.88. The molecule has 29 heavy (non-hydrogen) atoms. The molecular weight excluding hydrogens is 364 g/mol. The van der Waals surface area contributed by atoms with E-state index in [0.29, 0.717) is 18.5 Å². The van der Waals surface area contributed by atoms with Crippen LogP contribution < -0.4 is 9.80 Å². The van der Waals surface area contributed by atoms with Crippen LogP contribution in [-0.2, 0) is 4.79 Å². The van der Waals surface area contributed by atoms with Crippen molar-refractivity contribution in [3.63, 3.8) is 0 Å². The molecule has 0 saturated carbocycles. The van der Waals surface area contributed by atoms with Crippen LogP contribution in [0.4, 0.5) is 11.4 Å². The molecule has 4 heterocycles. The molecule has 1 amide bonds. The van der Waals surface area contributed by atoms with Crippen LogP contribution in [0.5, 0.6) is 0 Å². The van der Waals surface area contributed by atoms with Gasteiger partial charge in [-0.3, -0.25) is 9.78 Å². The summed E-state index contributed by atoms with van der Waals surface area (Å²) in [7, 11) is 1.89. The molecule has 2 aromatic rings. The van der Waals surface area contributed by atoms with Crippen molar-refractivity contribution in [2.24, 2.45) is 0 Å². The first kappa shape index (κ1) is 18.6. The van der Waals surface area contributed by atoms with Crippen LogP contribution >= 0.6 is 0 Å². The van der Waals surface area contributed by atoms with Gasteiger partial charge in [-0.25, -0.2) is 0 Å². The monoisotopic (exact) mass is 392 g/mol. The van der Waals surface area contributed by atoms with Gasteiger partial charge in [0.05, 0.1) is 24.0 Å². The summed E-state index contributed by atoms with van der Waals surface area (Å²) in [6, 6.07) is 10.6. The molecule has 1 N–H and O–H groups in total. The molecule has 0 bridgehead atoms. The second kappa shape index (κ2) is 7.43. The highest BCUT2D eigenvalue weighted by Gasteiger charge is 2.46. The van der Waals surface area contributed by atoms with Crippen LogP contribution in [0.2, 0.25) is 0 Å². The summed E-state index contributed by atoms with van der Waals surface area (Å²) >= 11 is 0. The third kappa shape index (κ3) is 3.20. The van der Waals surface area contributed by atoms with Crippen LogP contribution in [0, 0.1) is 0 Å². The van der Waals surface area contributed by atoms with Gasteiger partial charge in [0.2, 0.25) is 5.91 Å². The van der Waals surface area contributed by atoms with Gasteiger partial charge < -0.3 is 19.8 Å². The predicted molar refractivity (Wildman–Crippen MR) is 113 cm³/mol. The van der Waals surface area contributed by atoms with E-state index in [2.05, 4.69) is 33.0 Å². The second-order valence-electron chi connectivity index (χ2n) is 8.50. The second-order valence-corrected chi connectivity index (χ2v) is 8.50. The molecule has 1 saturated heterocycles. The van der Waals surface area contributed by atoms with Gasteiger partial charge in [0.15, 0.2) is 0 Å². The topological polar surface area (TPSA) is 59.9 Å². The Bertz CT molecular complexity index is 903. The highest BCUT2D eigenvalue weighted by atomic mass is 16.3. The maximum Gasteiger partial charge on any atom is 0.246 e. The molecule has 0 spiro atoms. The van der Waals surface area contributed by atoms with Crippen molar-refractivity contribution in [2.75, 3.05) is 43.0 Å². The zero-order valence-electron chi connectivity index (χ0n) is 16.9. The molecule has 1 aromatic heterocycles. The van der Waals surface area contributed by atoms with E-state index in [1.165, 1.54) is 11.3 Å². The minimum atomic E-state index is -0.420. The van der Waals surface area contributed by atoms with E-state index in [1.807, 2.05) is 24.1 Å². The Morgan fingerprint density at radius 1 is 1.24 bits per heavy atom. The molecule has 3 aliphatic heterocycles. The van der Waals surface area contributed by atoms with Crippen molar-refractivity contribution in [1.29, 1.82) is 0 Å². The maximum atomic E-state index is 12.5. The molecule has 0 radical (unpaired) electrons. The number of fused-ring (bicyclic) bond motifs is 3. The van der Waals surface area contributed by atoms with E-state index >= 15 is 0 Å². The summed E-state index contributed by atoms with van der Waals surface area (Å²) in [5, 5.41) is 10.4. The molecule has 6 heteroatoms. The van der Waals surface area contributed by atoms with E-state index in [4.69, 9.17) is 0 Å². The first-order chi connectivity index (χ1) is 14.1. The number of aliphatic hydroxyl groups is 1. The standard InChI is InChI=1S/C23H28N4O2/c1-25-20-5-2-4-17-18-14-26(12-3-6-21(28)16-7-10-24-11-8-16)13-9-19(18)27(23(17)20)15-22(25)29/h2,4-5,7-8,10-11,18-19,21,28H,3,6,9,12-15H2,1H3. The number of rotatable bonds is 5. The Morgan fingerprint density at radius 2 is 2.07 bits per heavy atom. The largest absolute Gasteiger partial charge is 0.388 e. The first-order valence-corrected chi connectivity index (χ1v) is 10.6. The van der Waals surface area contributed by atoms with Gasteiger partial charge in [0.1, 0.15) is 0 Å². The Balaban J connectivity index is 1.25. The molecule has 1 aromatic carbocycles. The number of piperidine rings is 1. The van der Waals surface area contributed by atoms with E-state index in [0.717, 1.165) is 50.1 Å². The van der Waals surface area contributed by atoms with Crippen molar-refractivity contribution in [1.82, 2.24) is 9.88 Å². The minimum Gasteiger partial charge on any atom is -0.388 e. The van der Waals surface area contributed by atoms with Crippen LogP contribution in [0.15, 0.2) is 42.7 Å². The third-order valence-corrected chi connectivity index (χ3v) is 6.88. The number of para-hydroxylation sites is 1. The molecule has 5 rings (SSSR count). The van der Waals surface area contributed by atoms with E-state index in [-0.39, 0.29) is 5.91 Å². The quantitative estimate of drug-likeness (QED) is 0.847. The average Bonchev–Trinajstić information content (AvgIpc) is 3.06. The summed E-state index contributed by atoms with van der Waals surface area (Å²) < 4.78 is 0. The number of carbonyl (C=O) groups is 1. The van der Waals surface area contributed by atoms with Crippen molar-refractivity contribution in [3.05, 3.63) is 53.9 Å². The van der Waals surface area contributed by atoms with Crippen LogP contribution in [0.1, 0.15) is 42.4 Å². The van der Waals surface area contributed by atoms with Gasteiger partial charge in [-0.2, -0.15) is 0 Å². The van der Waals surface area contributed by atoms with Crippen molar-refractivity contribution < 1.29 is 9.90 Å². The van der Waals surface area contributed by atoms with Crippen molar-refractivity contribution in [2.45, 2.75) is 37.3 Å². The molecular formula is C23H28N4O2. The molecule has 3 unspecified atom stereocenters. The number of aliphatic hydroxyl groups excluding tert-OH is 1. The highest BCUT2D eigenvalue weighted by molar-refractivity contribution is 6.04. The number of aromatic nitrogens is 1. The summed E-state index contributed by atoms with van der Waals surface area (Å²) in [4.78, 5) is 23.2. The fourth-order valence-corrected chi connectivity index (χ4v) is 5.33. The number of likely N-dealkylation sites (N-methyl/N-ethyl adjacent to an activating group) is 1.